The van der Waals surface area contributed by atoms with E-state index in [-0.39, 0.29) is 48.4 Å². The summed E-state index contributed by atoms with van der Waals surface area (Å²) in [7, 11) is 0. The van der Waals surface area contributed by atoms with Crippen LogP contribution in [0.1, 0.15) is 43.6 Å². The lowest BCUT2D eigenvalue weighted by atomic mass is 9.91. The Morgan fingerprint density at radius 2 is 1.88 bits per heavy atom. The molecule has 0 saturated carbocycles. The molecule has 33 heavy (non-hydrogen) atoms. The molecule has 1 aromatic heterocycles. The molecule has 0 bridgehead atoms. The molecule has 3 aliphatic rings. The lowest BCUT2D eigenvalue weighted by molar-refractivity contribution is -0.145. The number of ketones is 1. The molecule has 178 valence electrons. The van der Waals surface area contributed by atoms with Crippen molar-refractivity contribution < 1.29 is 23.9 Å². The van der Waals surface area contributed by atoms with Crippen molar-refractivity contribution in [3.63, 3.8) is 0 Å². The predicted octanol–water partition coefficient (Wildman–Crippen LogP) is 0.987. The zero-order valence-corrected chi connectivity index (χ0v) is 19.3. The van der Waals surface area contributed by atoms with Crippen molar-refractivity contribution >= 4 is 23.5 Å². The monoisotopic (exact) mass is 456 g/mol. The number of pyridine rings is 1. The summed E-state index contributed by atoms with van der Waals surface area (Å²) >= 11 is 0. The fourth-order valence-corrected chi connectivity index (χ4v) is 5.20. The van der Waals surface area contributed by atoms with Gasteiger partial charge in [-0.05, 0) is 30.9 Å². The number of carbonyl (C=O) groups is 4. The number of nitrogens with zero attached hydrogens (tertiary/aromatic N) is 4. The molecule has 0 radical (unpaired) electrons. The van der Waals surface area contributed by atoms with Crippen LogP contribution in [0.5, 0.6) is 0 Å². The lowest BCUT2D eigenvalue weighted by Gasteiger charge is -2.31. The Labute approximate surface area is 194 Å². The predicted molar refractivity (Wildman–Crippen MR) is 119 cm³/mol. The van der Waals surface area contributed by atoms with Crippen LogP contribution in [0.2, 0.25) is 0 Å². The van der Waals surface area contributed by atoms with E-state index in [0.29, 0.717) is 51.4 Å². The zero-order valence-electron chi connectivity index (χ0n) is 19.3. The molecule has 3 aliphatic heterocycles. The lowest BCUT2D eigenvalue weighted by Crippen LogP contribution is -2.47. The Hall–Kier alpha value is -2.81. The number of Topliss-reactive ketones (excluding diaryl/α,β-unsaturated/α-hetero) is 1. The highest BCUT2D eigenvalue weighted by Crippen LogP contribution is 2.33. The molecular weight excluding hydrogens is 424 g/mol. The van der Waals surface area contributed by atoms with Gasteiger partial charge < -0.3 is 19.4 Å². The van der Waals surface area contributed by atoms with E-state index >= 15 is 0 Å². The minimum atomic E-state index is -0.640. The summed E-state index contributed by atoms with van der Waals surface area (Å²) in [4.78, 5) is 61.4. The molecule has 3 unspecified atom stereocenters. The molecule has 3 atom stereocenters. The van der Waals surface area contributed by atoms with Gasteiger partial charge in [0.15, 0.2) is 5.78 Å². The quantitative estimate of drug-likeness (QED) is 0.633. The summed E-state index contributed by atoms with van der Waals surface area (Å²) in [5.41, 5.74) is 0.296. The number of carbonyl (C=O) groups excluding carboxylic acids is 4. The van der Waals surface area contributed by atoms with Crippen LogP contribution >= 0.6 is 0 Å². The normalized spacial score (nSPS) is 23.7. The summed E-state index contributed by atoms with van der Waals surface area (Å²) in [6.07, 6.45) is 2.81. The van der Waals surface area contributed by atoms with Gasteiger partial charge in [-0.15, -0.1) is 0 Å². The smallest absolute Gasteiger partial charge is 0.273 e. The van der Waals surface area contributed by atoms with E-state index in [4.69, 9.17) is 4.74 Å². The first kappa shape index (κ1) is 23.4. The van der Waals surface area contributed by atoms with Gasteiger partial charge in [-0.1, -0.05) is 19.9 Å². The van der Waals surface area contributed by atoms with Gasteiger partial charge in [-0.3, -0.25) is 24.2 Å². The fourth-order valence-electron chi connectivity index (χ4n) is 5.20. The highest BCUT2D eigenvalue weighted by atomic mass is 16.5. The van der Waals surface area contributed by atoms with E-state index < -0.39 is 12.0 Å². The number of likely N-dealkylation sites (tertiary alicyclic amines) is 2. The Morgan fingerprint density at radius 1 is 1.12 bits per heavy atom. The summed E-state index contributed by atoms with van der Waals surface area (Å²) in [5.74, 6) is -0.857. The van der Waals surface area contributed by atoms with Crippen molar-refractivity contribution in [1.29, 1.82) is 0 Å². The summed E-state index contributed by atoms with van der Waals surface area (Å²) in [6, 6.07) is 4.12. The van der Waals surface area contributed by atoms with Crippen molar-refractivity contribution in [2.45, 2.75) is 45.2 Å². The molecule has 4 rings (SSSR count). The number of hydrogen-bond acceptors (Lipinski definition) is 6. The van der Waals surface area contributed by atoms with Gasteiger partial charge in [0.2, 0.25) is 11.8 Å². The number of hydrogen-bond donors (Lipinski definition) is 0. The first-order valence-electron chi connectivity index (χ1n) is 11.8. The number of amides is 3. The van der Waals surface area contributed by atoms with Crippen LogP contribution in [0.15, 0.2) is 24.4 Å². The second kappa shape index (κ2) is 9.99. The SMILES string of the molecule is CC(C)CC(CC(=O)N1CCOCC1)C(=O)N1CCC2C1C(=O)CN2C(=O)c1ccccn1. The third-order valence-corrected chi connectivity index (χ3v) is 6.74. The molecule has 3 saturated heterocycles. The highest BCUT2D eigenvalue weighted by Gasteiger charge is 2.52. The first-order valence-corrected chi connectivity index (χ1v) is 11.8. The largest absolute Gasteiger partial charge is 0.378 e. The third-order valence-electron chi connectivity index (χ3n) is 6.74. The molecule has 0 spiro atoms. The van der Waals surface area contributed by atoms with E-state index in [1.54, 1.807) is 39.1 Å². The first-order chi connectivity index (χ1) is 15.9. The van der Waals surface area contributed by atoms with Gasteiger partial charge in [-0.2, -0.15) is 0 Å². The van der Waals surface area contributed by atoms with E-state index in [0.717, 1.165) is 0 Å². The Morgan fingerprint density at radius 3 is 2.55 bits per heavy atom. The molecule has 0 aromatic carbocycles. The number of fused-ring (bicyclic) bond motifs is 1. The van der Waals surface area contributed by atoms with Crippen LogP contribution in [-0.2, 0) is 19.1 Å². The second-order valence-corrected chi connectivity index (χ2v) is 9.47. The number of ether oxygens (including phenoxy) is 1. The van der Waals surface area contributed by atoms with Crippen LogP contribution in [0.4, 0.5) is 0 Å². The highest BCUT2D eigenvalue weighted by molar-refractivity contribution is 6.02. The van der Waals surface area contributed by atoms with Crippen LogP contribution in [0.3, 0.4) is 0 Å². The Bertz CT molecular complexity index is 899. The number of aromatic nitrogens is 1. The number of rotatable bonds is 6. The molecule has 9 heteroatoms. The molecule has 3 amide bonds. The number of morpholine rings is 1. The summed E-state index contributed by atoms with van der Waals surface area (Å²) in [6.45, 7) is 6.55. The van der Waals surface area contributed by atoms with Gasteiger partial charge in [0, 0.05) is 38.2 Å². The van der Waals surface area contributed by atoms with Crippen molar-refractivity contribution in [3.8, 4) is 0 Å². The van der Waals surface area contributed by atoms with Crippen molar-refractivity contribution in [2.75, 3.05) is 39.4 Å². The summed E-state index contributed by atoms with van der Waals surface area (Å²) < 4.78 is 5.33. The molecule has 0 N–H and O–H groups in total. The fraction of sp³-hybridized carbons (Fsp3) is 0.625. The molecule has 9 nitrogen and oxygen atoms in total. The topological polar surface area (TPSA) is 100 Å². The Kier molecular flexibility index (Phi) is 7.07. The van der Waals surface area contributed by atoms with Gasteiger partial charge in [0.1, 0.15) is 11.7 Å². The maximum Gasteiger partial charge on any atom is 0.273 e. The Balaban J connectivity index is 1.47. The molecule has 1 aromatic rings. The van der Waals surface area contributed by atoms with Crippen LogP contribution in [-0.4, -0.2) is 94.7 Å². The molecular formula is C24H32N4O5. The summed E-state index contributed by atoms with van der Waals surface area (Å²) in [5, 5.41) is 0. The average molecular weight is 457 g/mol. The molecule has 3 fully saturated rings. The van der Waals surface area contributed by atoms with Crippen molar-refractivity contribution in [2.24, 2.45) is 11.8 Å². The minimum absolute atomic E-state index is 0.0178. The second-order valence-electron chi connectivity index (χ2n) is 9.47. The van der Waals surface area contributed by atoms with Gasteiger partial charge >= 0.3 is 0 Å². The van der Waals surface area contributed by atoms with E-state index in [1.165, 1.54) is 0 Å². The van der Waals surface area contributed by atoms with E-state index in [2.05, 4.69) is 4.98 Å². The van der Waals surface area contributed by atoms with E-state index in [1.807, 2.05) is 13.8 Å². The van der Waals surface area contributed by atoms with E-state index in [9.17, 15) is 19.2 Å². The molecule has 0 aliphatic carbocycles. The van der Waals surface area contributed by atoms with Gasteiger partial charge in [-0.25, -0.2) is 0 Å². The van der Waals surface area contributed by atoms with Crippen molar-refractivity contribution in [3.05, 3.63) is 30.1 Å². The third kappa shape index (κ3) is 4.93. The minimum Gasteiger partial charge on any atom is -0.378 e. The molecule has 4 heterocycles. The average Bonchev–Trinajstić information content (AvgIpc) is 3.40. The standard InChI is InChI=1S/C24H32N4O5/c1-16(2)13-17(14-21(30)26-9-11-33-12-10-26)23(31)27-8-6-19-22(27)20(29)15-28(19)24(32)18-5-3-4-7-25-18/h3-5,7,16-17,19,22H,6,8-15H2,1-2H3. The van der Waals surface area contributed by atoms with Crippen LogP contribution < -0.4 is 0 Å². The van der Waals surface area contributed by atoms with Gasteiger partial charge in [0.05, 0.1) is 25.8 Å². The maximum absolute atomic E-state index is 13.6. The van der Waals surface area contributed by atoms with Crippen molar-refractivity contribution in [1.82, 2.24) is 19.7 Å². The van der Waals surface area contributed by atoms with Gasteiger partial charge in [0.25, 0.3) is 5.91 Å². The maximum atomic E-state index is 13.6. The van der Waals surface area contributed by atoms with Crippen LogP contribution in [0.25, 0.3) is 0 Å². The zero-order chi connectivity index (χ0) is 23.5. The van der Waals surface area contributed by atoms with Crippen LogP contribution in [0, 0.1) is 11.8 Å².